The molecule has 4 heteroatoms. The summed E-state index contributed by atoms with van der Waals surface area (Å²) in [6.07, 6.45) is 0.817. The van der Waals surface area contributed by atoms with Crippen molar-refractivity contribution in [2.24, 2.45) is 0 Å². The zero-order valence-electron chi connectivity index (χ0n) is 7.78. The fourth-order valence-corrected chi connectivity index (χ4v) is 1.96. The first kappa shape index (κ1) is 9.15. The Kier molecular flexibility index (Phi) is 2.45. The number of Topliss-reactive ketones (excluding diaryl/α,β-unsaturated/α-hetero) is 1. The topological polar surface area (TPSA) is 45.8 Å². The Hall–Kier alpha value is -1.42. The van der Waals surface area contributed by atoms with E-state index < -0.39 is 0 Å². The van der Waals surface area contributed by atoms with Crippen LogP contribution in [-0.4, -0.2) is 16.0 Å². The van der Waals surface area contributed by atoms with Crippen LogP contribution in [0.15, 0.2) is 23.6 Å². The predicted octanol–water partition coefficient (Wildman–Crippen LogP) is 2.26. The molecule has 0 spiro atoms. The number of hydrogen-bond acceptors (Lipinski definition) is 3. The number of thiophene rings is 1. The molecule has 72 valence electrons. The summed E-state index contributed by atoms with van der Waals surface area (Å²) in [6, 6.07) is 5.89. The van der Waals surface area contributed by atoms with Crippen LogP contribution in [0.1, 0.15) is 28.0 Å². The van der Waals surface area contributed by atoms with Crippen LogP contribution in [0.4, 0.5) is 0 Å². The molecule has 0 atom stereocenters. The number of ketones is 1. The smallest absolute Gasteiger partial charge is 0.179 e. The Balaban J connectivity index is 2.14. The van der Waals surface area contributed by atoms with Crippen molar-refractivity contribution in [3.63, 3.8) is 0 Å². The van der Waals surface area contributed by atoms with Gasteiger partial charge in [-0.1, -0.05) is 6.07 Å². The van der Waals surface area contributed by atoms with E-state index in [1.54, 1.807) is 11.3 Å². The Labute approximate surface area is 85.8 Å². The zero-order valence-corrected chi connectivity index (χ0v) is 8.60. The van der Waals surface area contributed by atoms with Gasteiger partial charge in [0, 0.05) is 23.9 Å². The molecule has 1 N–H and O–H groups in total. The van der Waals surface area contributed by atoms with Crippen molar-refractivity contribution in [1.82, 2.24) is 10.2 Å². The van der Waals surface area contributed by atoms with Crippen molar-refractivity contribution in [1.29, 1.82) is 0 Å². The highest BCUT2D eigenvalue weighted by atomic mass is 32.1. The molecule has 0 fully saturated rings. The quantitative estimate of drug-likeness (QED) is 0.783. The summed E-state index contributed by atoms with van der Waals surface area (Å²) in [6.45, 7) is 1.52. The molecule has 0 saturated heterocycles. The van der Waals surface area contributed by atoms with E-state index in [2.05, 4.69) is 16.3 Å². The molecular weight excluding hydrogens is 196 g/mol. The van der Waals surface area contributed by atoms with E-state index >= 15 is 0 Å². The standard InChI is InChI=1S/C10H10N2OS/c1-7(13)10-6-8(11-12-10)5-9-3-2-4-14-9/h2-4,6H,5H2,1H3,(H,11,12). The van der Waals surface area contributed by atoms with E-state index in [-0.39, 0.29) is 5.78 Å². The van der Waals surface area contributed by atoms with Gasteiger partial charge in [0.25, 0.3) is 0 Å². The molecule has 0 aliphatic carbocycles. The highest BCUT2D eigenvalue weighted by molar-refractivity contribution is 7.09. The number of carbonyl (C=O) groups is 1. The molecule has 0 aliphatic rings. The third-order valence-electron chi connectivity index (χ3n) is 1.94. The molecule has 0 aliphatic heterocycles. The van der Waals surface area contributed by atoms with Crippen molar-refractivity contribution in [2.45, 2.75) is 13.3 Å². The summed E-state index contributed by atoms with van der Waals surface area (Å²) in [5, 5.41) is 8.83. The minimum atomic E-state index is -0.00122. The monoisotopic (exact) mass is 206 g/mol. The first-order valence-corrected chi connectivity index (χ1v) is 5.21. The lowest BCUT2D eigenvalue weighted by molar-refractivity contribution is 0.101. The van der Waals surface area contributed by atoms with E-state index in [1.165, 1.54) is 11.8 Å². The number of nitrogens with zero attached hydrogens (tertiary/aromatic N) is 1. The van der Waals surface area contributed by atoms with Crippen molar-refractivity contribution in [2.75, 3.05) is 0 Å². The summed E-state index contributed by atoms with van der Waals surface area (Å²) in [7, 11) is 0. The number of nitrogens with one attached hydrogen (secondary N) is 1. The largest absolute Gasteiger partial charge is 0.293 e. The first-order valence-electron chi connectivity index (χ1n) is 4.33. The lowest BCUT2D eigenvalue weighted by Gasteiger charge is -1.90. The molecule has 0 saturated carbocycles. The minimum absolute atomic E-state index is 0.00122. The van der Waals surface area contributed by atoms with Gasteiger partial charge in [0.2, 0.25) is 0 Å². The molecule has 0 amide bonds. The molecule has 0 aromatic carbocycles. The van der Waals surface area contributed by atoms with Crippen molar-refractivity contribution >= 4 is 17.1 Å². The summed E-state index contributed by atoms with van der Waals surface area (Å²) in [5.41, 5.74) is 1.49. The molecule has 3 nitrogen and oxygen atoms in total. The second kappa shape index (κ2) is 3.75. The zero-order chi connectivity index (χ0) is 9.97. The van der Waals surface area contributed by atoms with Gasteiger partial charge in [-0.15, -0.1) is 11.3 Å². The molecule has 0 unspecified atom stereocenters. The molecule has 2 aromatic heterocycles. The number of hydrogen-bond donors (Lipinski definition) is 1. The lowest BCUT2D eigenvalue weighted by atomic mass is 10.2. The number of H-pyrrole nitrogens is 1. The van der Waals surface area contributed by atoms with E-state index in [1.807, 2.05) is 17.5 Å². The van der Waals surface area contributed by atoms with Crippen LogP contribution in [0.3, 0.4) is 0 Å². The van der Waals surface area contributed by atoms with Crippen molar-refractivity contribution in [3.8, 4) is 0 Å². The number of aromatic nitrogens is 2. The summed E-state index contributed by atoms with van der Waals surface area (Å²) in [4.78, 5) is 12.2. The second-order valence-electron chi connectivity index (χ2n) is 3.09. The Morgan fingerprint density at radius 2 is 2.50 bits per heavy atom. The van der Waals surface area contributed by atoms with Crippen LogP contribution in [0, 0.1) is 0 Å². The van der Waals surface area contributed by atoms with E-state index in [0.717, 1.165) is 12.1 Å². The summed E-state index contributed by atoms with van der Waals surface area (Å²) < 4.78 is 0. The summed E-state index contributed by atoms with van der Waals surface area (Å²) >= 11 is 1.70. The highest BCUT2D eigenvalue weighted by Gasteiger charge is 2.05. The first-order chi connectivity index (χ1) is 6.75. The maximum Gasteiger partial charge on any atom is 0.179 e. The average molecular weight is 206 g/mol. The number of rotatable bonds is 3. The van der Waals surface area contributed by atoms with Gasteiger partial charge < -0.3 is 0 Å². The molecular formula is C10H10N2OS. The van der Waals surface area contributed by atoms with E-state index in [4.69, 9.17) is 0 Å². The van der Waals surface area contributed by atoms with Crippen molar-refractivity contribution < 1.29 is 4.79 Å². The van der Waals surface area contributed by atoms with Crippen LogP contribution >= 0.6 is 11.3 Å². The SMILES string of the molecule is CC(=O)c1cc(Cc2cccs2)[nH]n1. The predicted molar refractivity (Wildman–Crippen MR) is 55.7 cm³/mol. The van der Waals surface area contributed by atoms with Crippen LogP contribution in [0.2, 0.25) is 0 Å². The number of carbonyl (C=O) groups excluding carboxylic acids is 1. The van der Waals surface area contributed by atoms with Gasteiger partial charge in [0.1, 0.15) is 5.69 Å². The highest BCUT2D eigenvalue weighted by Crippen LogP contribution is 2.13. The van der Waals surface area contributed by atoms with Gasteiger partial charge in [-0.25, -0.2) is 0 Å². The van der Waals surface area contributed by atoms with Gasteiger partial charge in [-0.3, -0.25) is 9.89 Å². The molecule has 0 bridgehead atoms. The minimum Gasteiger partial charge on any atom is -0.293 e. The third kappa shape index (κ3) is 1.90. The van der Waals surface area contributed by atoms with Gasteiger partial charge in [0.15, 0.2) is 5.78 Å². The van der Waals surface area contributed by atoms with E-state index in [9.17, 15) is 4.79 Å². The third-order valence-corrected chi connectivity index (χ3v) is 2.81. The molecule has 2 heterocycles. The van der Waals surface area contributed by atoms with Gasteiger partial charge >= 0.3 is 0 Å². The van der Waals surface area contributed by atoms with Gasteiger partial charge in [0.05, 0.1) is 0 Å². The summed E-state index contributed by atoms with van der Waals surface area (Å²) in [5.74, 6) is -0.00122. The molecule has 2 aromatic rings. The Bertz CT molecular complexity index is 431. The molecule has 2 rings (SSSR count). The number of aromatic amines is 1. The van der Waals surface area contributed by atoms with Crippen molar-refractivity contribution in [3.05, 3.63) is 39.8 Å². The van der Waals surface area contributed by atoms with Crippen LogP contribution in [-0.2, 0) is 6.42 Å². The van der Waals surface area contributed by atoms with Gasteiger partial charge in [-0.05, 0) is 17.5 Å². The maximum atomic E-state index is 11.0. The lowest BCUT2D eigenvalue weighted by Crippen LogP contribution is -1.90. The van der Waals surface area contributed by atoms with Crippen LogP contribution < -0.4 is 0 Å². The normalized spacial score (nSPS) is 10.4. The fourth-order valence-electron chi connectivity index (χ4n) is 1.23. The maximum absolute atomic E-state index is 11.0. The van der Waals surface area contributed by atoms with E-state index in [0.29, 0.717) is 5.69 Å². The fraction of sp³-hybridized carbons (Fsp3) is 0.200. The Morgan fingerprint density at radius 1 is 1.64 bits per heavy atom. The Morgan fingerprint density at radius 3 is 3.07 bits per heavy atom. The molecule has 0 radical (unpaired) electrons. The average Bonchev–Trinajstić information content (AvgIpc) is 2.75. The second-order valence-corrected chi connectivity index (χ2v) is 4.12. The van der Waals surface area contributed by atoms with Crippen LogP contribution in [0.5, 0.6) is 0 Å². The molecule has 14 heavy (non-hydrogen) atoms. The van der Waals surface area contributed by atoms with Crippen LogP contribution in [0.25, 0.3) is 0 Å². The van der Waals surface area contributed by atoms with Gasteiger partial charge in [-0.2, -0.15) is 5.10 Å².